The molecule has 6 heteroatoms. The third kappa shape index (κ3) is 5.87. The Labute approximate surface area is 175 Å². The number of benzene rings is 2. The van der Waals surface area contributed by atoms with Crippen LogP contribution in [0.2, 0.25) is 0 Å². The van der Waals surface area contributed by atoms with Gasteiger partial charge in [0.1, 0.15) is 0 Å². The molecule has 1 heterocycles. The molecule has 0 spiro atoms. The fourth-order valence-corrected chi connectivity index (χ4v) is 4.00. The van der Waals surface area contributed by atoms with Crippen molar-refractivity contribution in [2.75, 3.05) is 5.32 Å². The average molecular weight is 410 g/mol. The Balaban J connectivity index is 1.48. The number of aryl methyl sites for hydroxylation is 1. The molecular weight excluding hydrogens is 382 g/mol. The number of anilines is 1. The predicted molar refractivity (Wildman–Crippen MR) is 119 cm³/mol. The molecule has 2 amide bonds. The van der Waals surface area contributed by atoms with Crippen LogP contribution in [-0.2, 0) is 11.2 Å². The van der Waals surface area contributed by atoms with Gasteiger partial charge in [-0.05, 0) is 56.9 Å². The van der Waals surface area contributed by atoms with Gasteiger partial charge in [-0.1, -0.05) is 31.2 Å². The minimum Gasteiger partial charge on any atom is -0.350 e. The van der Waals surface area contributed by atoms with Crippen LogP contribution >= 0.6 is 11.3 Å². The van der Waals surface area contributed by atoms with E-state index in [1.807, 2.05) is 38.1 Å². The number of aromatic nitrogens is 1. The normalized spacial score (nSPS) is 11.9. The average Bonchev–Trinajstić information content (AvgIpc) is 3.14. The zero-order valence-corrected chi connectivity index (χ0v) is 17.7. The summed E-state index contributed by atoms with van der Waals surface area (Å²) < 4.78 is 1.20. The van der Waals surface area contributed by atoms with Gasteiger partial charge in [-0.25, -0.2) is 4.98 Å². The first-order valence-corrected chi connectivity index (χ1v) is 10.9. The molecule has 3 aromatic rings. The van der Waals surface area contributed by atoms with Gasteiger partial charge in [0.05, 0.1) is 26.5 Å². The van der Waals surface area contributed by atoms with Gasteiger partial charge in [0.25, 0.3) is 5.91 Å². The quantitative estimate of drug-likeness (QED) is 0.479. The summed E-state index contributed by atoms with van der Waals surface area (Å²) in [6, 6.07) is 15.4. The molecule has 1 unspecified atom stereocenters. The summed E-state index contributed by atoms with van der Waals surface area (Å²) in [5.41, 5.74) is 2.10. The molecule has 0 aliphatic rings. The Morgan fingerprint density at radius 2 is 1.83 bits per heavy atom. The largest absolute Gasteiger partial charge is 0.350 e. The standard InChI is InChI=1S/C23H27N3O2S/c1-3-16(2)24-23(28)17-10-4-5-11-18(17)25-21(27)14-8-9-15-22-26-19-12-6-7-13-20(19)29-22/h4-7,10-13,16H,3,8-9,14-15H2,1-2H3,(H,24,28)(H,25,27). The molecule has 5 nitrogen and oxygen atoms in total. The van der Waals surface area contributed by atoms with E-state index in [-0.39, 0.29) is 17.9 Å². The molecule has 2 aromatic carbocycles. The van der Waals surface area contributed by atoms with E-state index in [9.17, 15) is 9.59 Å². The summed E-state index contributed by atoms with van der Waals surface area (Å²) in [6.07, 6.45) is 3.84. The van der Waals surface area contributed by atoms with Crippen molar-refractivity contribution in [2.45, 2.75) is 52.0 Å². The van der Waals surface area contributed by atoms with Crippen LogP contribution in [0.5, 0.6) is 0 Å². The van der Waals surface area contributed by atoms with Crippen molar-refractivity contribution in [3.05, 3.63) is 59.1 Å². The third-order valence-corrected chi connectivity index (χ3v) is 5.91. The van der Waals surface area contributed by atoms with Crippen LogP contribution in [0.1, 0.15) is 54.9 Å². The molecule has 1 atom stereocenters. The Morgan fingerprint density at radius 3 is 2.62 bits per heavy atom. The number of hydrogen-bond donors (Lipinski definition) is 2. The molecule has 0 aliphatic heterocycles. The molecule has 0 radical (unpaired) electrons. The maximum Gasteiger partial charge on any atom is 0.253 e. The van der Waals surface area contributed by atoms with Gasteiger partial charge in [-0.3, -0.25) is 9.59 Å². The number of carbonyl (C=O) groups excluding carboxylic acids is 2. The molecule has 0 fully saturated rings. The van der Waals surface area contributed by atoms with Crippen LogP contribution in [-0.4, -0.2) is 22.8 Å². The molecule has 0 aliphatic carbocycles. The third-order valence-electron chi connectivity index (χ3n) is 4.82. The van der Waals surface area contributed by atoms with Crippen LogP contribution in [0.15, 0.2) is 48.5 Å². The summed E-state index contributed by atoms with van der Waals surface area (Å²) in [6.45, 7) is 3.98. The first kappa shape index (κ1) is 21.0. The van der Waals surface area contributed by atoms with Gasteiger partial charge in [0.2, 0.25) is 5.91 Å². The molecule has 2 N–H and O–H groups in total. The smallest absolute Gasteiger partial charge is 0.253 e. The van der Waals surface area contributed by atoms with Crippen molar-refractivity contribution < 1.29 is 9.59 Å². The first-order chi connectivity index (χ1) is 14.1. The molecule has 1 aromatic heterocycles. The Hall–Kier alpha value is -2.73. The first-order valence-electron chi connectivity index (χ1n) is 10.1. The number of para-hydroxylation sites is 2. The molecule has 0 saturated carbocycles. The fraction of sp³-hybridized carbons (Fsp3) is 0.348. The van der Waals surface area contributed by atoms with E-state index in [0.717, 1.165) is 36.2 Å². The van der Waals surface area contributed by atoms with Crippen molar-refractivity contribution in [2.24, 2.45) is 0 Å². The van der Waals surface area contributed by atoms with Gasteiger partial charge in [-0.15, -0.1) is 11.3 Å². The molecule has 0 bridgehead atoms. The number of unbranched alkanes of at least 4 members (excludes halogenated alkanes) is 1. The van der Waals surface area contributed by atoms with E-state index >= 15 is 0 Å². The van der Waals surface area contributed by atoms with Crippen molar-refractivity contribution >= 4 is 39.1 Å². The number of carbonyl (C=O) groups is 2. The number of amides is 2. The van der Waals surface area contributed by atoms with Crippen LogP contribution in [0, 0.1) is 0 Å². The van der Waals surface area contributed by atoms with Gasteiger partial charge in [0.15, 0.2) is 0 Å². The molecular formula is C23H27N3O2S. The van der Waals surface area contributed by atoms with Gasteiger partial charge >= 0.3 is 0 Å². The Kier molecular flexibility index (Phi) is 7.36. The van der Waals surface area contributed by atoms with Crippen molar-refractivity contribution in [1.29, 1.82) is 0 Å². The maximum absolute atomic E-state index is 12.4. The SMILES string of the molecule is CCC(C)NC(=O)c1ccccc1NC(=O)CCCCc1nc2ccccc2s1. The van der Waals surface area contributed by atoms with E-state index in [2.05, 4.69) is 21.7 Å². The van der Waals surface area contributed by atoms with Crippen molar-refractivity contribution in [3.63, 3.8) is 0 Å². The number of rotatable bonds is 9. The Morgan fingerprint density at radius 1 is 1.07 bits per heavy atom. The second-order valence-electron chi connectivity index (χ2n) is 7.16. The topological polar surface area (TPSA) is 71.1 Å². The highest BCUT2D eigenvalue weighted by Crippen LogP contribution is 2.23. The van der Waals surface area contributed by atoms with E-state index in [1.54, 1.807) is 29.5 Å². The minimum absolute atomic E-state index is 0.0712. The molecule has 3 rings (SSSR count). The van der Waals surface area contributed by atoms with E-state index in [1.165, 1.54) is 4.70 Å². The van der Waals surface area contributed by atoms with Crippen LogP contribution in [0.25, 0.3) is 10.2 Å². The molecule has 0 saturated heterocycles. The monoisotopic (exact) mass is 409 g/mol. The Bertz CT molecular complexity index is 950. The predicted octanol–water partition coefficient (Wildman–Crippen LogP) is 5.18. The van der Waals surface area contributed by atoms with Crippen molar-refractivity contribution in [3.8, 4) is 0 Å². The van der Waals surface area contributed by atoms with Crippen LogP contribution in [0.3, 0.4) is 0 Å². The van der Waals surface area contributed by atoms with E-state index in [4.69, 9.17) is 0 Å². The minimum atomic E-state index is -0.161. The summed E-state index contributed by atoms with van der Waals surface area (Å²) in [5.74, 6) is -0.232. The maximum atomic E-state index is 12.4. The lowest BCUT2D eigenvalue weighted by Gasteiger charge is -2.14. The fourth-order valence-electron chi connectivity index (χ4n) is 3.00. The lowest BCUT2D eigenvalue weighted by molar-refractivity contribution is -0.116. The molecule has 29 heavy (non-hydrogen) atoms. The number of fused-ring (bicyclic) bond motifs is 1. The molecule has 152 valence electrons. The zero-order chi connectivity index (χ0) is 20.6. The summed E-state index contributed by atoms with van der Waals surface area (Å²) in [7, 11) is 0. The van der Waals surface area contributed by atoms with E-state index < -0.39 is 0 Å². The highest BCUT2D eigenvalue weighted by Gasteiger charge is 2.14. The lowest BCUT2D eigenvalue weighted by Crippen LogP contribution is -2.32. The second kappa shape index (κ2) is 10.2. The summed E-state index contributed by atoms with van der Waals surface area (Å²) in [4.78, 5) is 29.4. The number of nitrogens with zero attached hydrogens (tertiary/aromatic N) is 1. The van der Waals surface area contributed by atoms with Crippen LogP contribution in [0.4, 0.5) is 5.69 Å². The number of thiazole rings is 1. The number of nitrogens with one attached hydrogen (secondary N) is 2. The van der Waals surface area contributed by atoms with Gasteiger partial charge < -0.3 is 10.6 Å². The lowest BCUT2D eigenvalue weighted by atomic mass is 10.1. The highest BCUT2D eigenvalue weighted by atomic mass is 32.1. The van der Waals surface area contributed by atoms with E-state index in [0.29, 0.717) is 17.7 Å². The van der Waals surface area contributed by atoms with Gasteiger partial charge in [-0.2, -0.15) is 0 Å². The van der Waals surface area contributed by atoms with Gasteiger partial charge in [0, 0.05) is 12.5 Å². The number of hydrogen-bond acceptors (Lipinski definition) is 4. The highest BCUT2D eigenvalue weighted by molar-refractivity contribution is 7.18. The van der Waals surface area contributed by atoms with Crippen molar-refractivity contribution in [1.82, 2.24) is 10.3 Å². The summed E-state index contributed by atoms with van der Waals surface area (Å²) in [5, 5.41) is 6.94. The zero-order valence-electron chi connectivity index (χ0n) is 16.9. The summed E-state index contributed by atoms with van der Waals surface area (Å²) >= 11 is 1.71. The second-order valence-corrected chi connectivity index (χ2v) is 8.27. The van der Waals surface area contributed by atoms with Crippen LogP contribution < -0.4 is 10.6 Å².